The maximum Gasteiger partial charge on any atom is 0.417 e. The molecule has 0 bridgehead atoms. The number of amides is 1. The molecule has 0 spiro atoms. The Labute approximate surface area is 244 Å². The number of hydrogen-bond acceptors (Lipinski definition) is 3. The number of halogens is 13. The average molecular weight is 727 g/mol. The Kier molecular flexibility index (Phi) is 10.9. The molecule has 0 aliphatic rings. The van der Waals surface area contributed by atoms with Gasteiger partial charge >= 0.3 is 18.5 Å². The Morgan fingerprint density at radius 2 is 1.54 bits per heavy atom. The van der Waals surface area contributed by atoms with E-state index in [0.717, 1.165) is 19.1 Å². The first-order chi connectivity index (χ1) is 18.4. The van der Waals surface area contributed by atoms with Crippen molar-refractivity contribution in [3.8, 4) is 0 Å². The fourth-order valence-corrected chi connectivity index (χ4v) is 5.73. The van der Waals surface area contributed by atoms with Crippen LogP contribution in [0.15, 0.2) is 40.9 Å². The van der Waals surface area contributed by atoms with Gasteiger partial charge in [-0.1, -0.05) is 29.3 Å². The molecule has 1 amide bonds. The fourth-order valence-electron chi connectivity index (χ4n) is 3.53. The van der Waals surface area contributed by atoms with Crippen LogP contribution < -0.4 is 5.32 Å². The lowest BCUT2D eigenvalue weighted by molar-refractivity contribution is -0.140. The van der Waals surface area contributed by atoms with Crippen molar-refractivity contribution in [1.29, 1.82) is 0 Å². The summed E-state index contributed by atoms with van der Waals surface area (Å²) in [7, 11) is -4.81. The van der Waals surface area contributed by atoms with E-state index in [1.807, 2.05) is 5.32 Å². The highest BCUT2D eigenvalue weighted by Crippen LogP contribution is 2.43. The molecule has 0 radical (unpaired) electrons. The molecule has 0 aliphatic carbocycles. The molecule has 4 nitrogen and oxygen atoms in total. The minimum atomic E-state index is -5.36. The molecule has 0 saturated carbocycles. The van der Waals surface area contributed by atoms with Crippen LogP contribution in [0.25, 0.3) is 5.83 Å². The van der Waals surface area contributed by atoms with Crippen molar-refractivity contribution >= 4 is 60.7 Å². The van der Waals surface area contributed by atoms with Crippen molar-refractivity contribution in [3.05, 3.63) is 73.2 Å². The van der Waals surface area contributed by atoms with Gasteiger partial charge in [0, 0.05) is 11.6 Å². The molecule has 2 aromatic rings. The largest absolute Gasteiger partial charge is 0.417 e. The molecule has 18 heteroatoms. The Balaban J connectivity index is 2.46. The van der Waals surface area contributed by atoms with Gasteiger partial charge in [0.25, 0.3) is 5.91 Å². The van der Waals surface area contributed by atoms with Crippen LogP contribution in [0, 0.1) is 0 Å². The van der Waals surface area contributed by atoms with Crippen LogP contribution in [0.2, 0.25) is 10.0 Å². The van der Waals surface area contributed by atoms with Gasteiger partial charge in [0.1, 0.15) is 17.5 Å². The number of alkyl halides is 9. The predicted molar refractivity (Wildman–Crippen MR) is 135 cm³/mol. The molecular weight excluding hydrogens is 711 g/mol. The average Bonchev–Trinajstić information content (AvgIpc) is 2.76. The van der Waals surface area contributed by atoms with E-state index < -0.39 is 85.8 Å². The third-order valence-corrected chi connectivity index (χ3v) is 8.82. The molecule has 0 aromatic heterocycles. The highest BCUT2D eigenvalue weighted by molar-refractivity contribution is 9.10. The summed E-state index contributed by atoms with van der Waals surface area (Å²) in [4.78, 5) is 12.4. The second kappa shape index (κ2) is 12.7. The van der Waals surface area contributed by atoms with Gasteiger partial charge < -0.3 is 5.32 Å². The number of allylic oxidation sites excluding steroid dienone is 1. The Morgan fingerprint density at radius 3 is 2.00 bits per heavy atom. The summed E-state index contributed by atoms with van der Waals surface area (Å²) in [6.07, 6.45) is -15.6. The van der Waals surface area contributed by atoms with E-state index in [9.17, 15) is 57.1 Å². The van der Waals surface area contributed by atoms with Crippen LogP contribution in [-0.2, 0) is 16.0 Å². The van der Waals surface area contributed by atoms with Crippen LogP contribution in [0.5, 0.6) is 0 Å². The van der Waals surface area contributed by atoms with Crippen molar-refractivity contribution in [2.24, 2.45) is 0 Å². The zero-order chi connectivity index (χ0) is 31.7. The normalized spacial score (nSPS) is 15.0. The Hall–Kier alpha value is -2.04. The lowest BCUT2D eigenvalue weighted by Gasteiger charge is -2.20. The van der Waals surface area contributed by atoms with Gasteiger partial charge in [0.15, 0.2) is 9.84 Å². The molecule has 1 N–H and O–H groups in total. The minimum absolute atomic E-state index is 0.0152. The van der Waals surface area contributed by atoms with Crippen molar-refractivity contribution in [1.82, 2.24) is 5.32 Å². The summed E-state index contributed by atoms with van der Waals surface area (Å²) in [6, 6.07) is 1.11. The maximum absolute atomic E-state index is 15.0. The fraction of sp³-hybridized carbons (Fsp3) is 0.348. The van der Waals surface area contributed by atoms with Crippen molar-refractivity contribution in [2.45, 2.75) is 37.4 Å². The Bertz CT molecular complexity index is 1420. The van der Waals surface area contributed by atoms with E-state index in [-0.39, 0.29) is 26.7 Å². The van der Waals surface area contributed by atoms with E-state index in [1.54, 1.807) is 0 Å². The van der Waals surface area contributed by atoms with Crippen LogP contribution in [0.4, 0.5) is 43.9 Å². The molecule has 0 saturated heterocycles. The van der Waals surface area contributed by atoms with Crippen molar-refractivity contribution in [2.75, 3.05) is 11.5 Å². The SMILES string of the molecule is C[C@H](CS(=O)(=O)CC(F)(F)F)NC(=O)c1ccc(/C(F)=C/C(c2cc(Cl)c(Br)c(Cl)c2)C(F)(F)F)cc1C(F)(F)F. The first-order valence-corrected chi connectivity index (χ1v) is 14.2. The summed E-state index contributed by atoms with van der Waals surface area (Å²) in [5.74, 6) is -9.53. The van der Waals surface area contributed by atoms with E-state index in [2.05, 4.69) is 15.9 Å². The summed E-state index contributed by atoms with van der Waals surface area (Å²) in [6.45, 7) is 0.924. The molecular formula is C23H16BrCl2F10NO3S. The minimum Gasteiger partial charge on any atom is -0.349 e. The van der Waals surface area contributed by atoms with Crippen molar-refractivity contribution < 1.29 is 57.1 Å². The second-order valence-corrected chi connectivity index (χ2v) is 12.4. The molecule has 2 atom stereocenters. The maximum atomic E-state index is 15.0. The quantitative estimate of drug-likeness (QED) is 0.219. The van der Waals surface area contributed by atoms with Crippen LogP contribution in [0.1, 0.15) is 39.9 Å². The van der Waals surface area contributed by atoms with Gasteiger partial charge in [-0.2, -0.15) is 39.5 Å². The lowest BCUT2D eigenvalue weighted by Crippen LogP contribution is -2.40. The number of benzene rings is 2. The summed E-state index contributed by atoms with van der Waals surface area (Å²) in [5.41, 5.74) is -4.63. The number of sulfone groups is 1. The second-order valence-electron chi connectivity index (χ2n) is 8.63. The van der Waals surface area contributed by atoms with Gasteiger partial charge in [-0.05, 0) is 58.8 Å². The van der Waals surface area contributed by atoms with Crippen LogP contribution >= 0.6 is 39.1 Å². The van der Waals surface area contributed by atoms with Crippen molar-refractivity contribution in [3.63, 3.8) is 0 Å². The van der Waals surface area contributed by atoms with Gasteiger partial charge in [-0.3, -0.25) is 4.79 Å². The van der Waals surface area contributed by atoms with Crippen LogP contribution in [-0.4, -0.2) is 44.2 Å². The summed E-state index contributed by atoms with van der Waals surface area (Å²) >= 11 is 14.6. The third kappa shape index (κ3) is 10.0. The molecule has 0 aliphatic heterocycles. The molecule has 2 rings (SSSR count). The first kappa shape index (κ1) is 35.2. The number of carbonyl (C=O) groups excluding carboxylic acids is 1. The number of rotatable bonds is 8. The molecule has 1 unspecified atom stereocenters. The smallest absolute Gasteiger partial charge is 0.349 e. The van der Waals surface area contributed by atoms with Gasteiger partial charge in [0.05, 0.1) is 31.4 Å². The zero-order valence-corrected chi connectivity index (χ0v) is 24.0. The number of nitrogens with one attached hydrogen (secondary N) is 1. The molecule has 0 heterocycles. The topological polar surface area (TPSA) is 63.2 Å². The summed E-state index contributed by atoms with van der Waals surface area (Å²) in [5, 5.41) is 1.30. The first-order valence-electron chi connectivity index (χ1n) is 10.8. The zero-order valence-electron chi connectivity index (χ0n) is 20.1. The predicted octanol–water partition coefficient (Wildman–Crippen LogP) is 8.53. The molecule has 2 aromatic carbocycles. The van der Waals surface area contributed by atoms with Gasteiger partial charge in [0.2, 0.25) is 0 Å². The van der Waals surface area contributed by atoms with E-state index in [0.29, 0.717) is 12.1 Å². The molecule has 228 valence electrons. The van der Waals surface area contributed by atoms with E-state index in [1.165, 1.54) is 0 Å². The number of carbonyl (C=O) groups is 1. The van der Waals surface area contributed by atoms with Crippen LogP contribution in [0.3, 0.4) is 0 Å². The lowest BCUT2D eigenvalue weighted by atomic mass is 9.95. The van der Waals surface area contributed by atoms with Gasteiger partial charge in [-0.15, -0.1) is 0 Å². The van der Waals surface area contributed by atoms with Gasteiger partial charge in [-0.25, -0.2) is 12.8 Å². The van der Waals surface area contributed by atoms with E-state index >= 15 is 0 Å². The molecule has 41 heavy (non-hydrogen) atoms. The highest BCUT2D eigenvalue weighted by atomic mass is 79.9. The molecule has 0 fully saturated rings. The highest BCUT2D eigenvalue weighted by Gasteiger charge is 2.41. The van der Waals surface area contributed by atoms with E-state index in [4.69, 9.17) is 23.2 Å². The third-order valence-electron chi connectivity index (χ3n) is 5.14. The standard InChI is InChI=1S/C23H16BrCl2F10NO3S/c1-10(8-41(39,40)9-21(28,29)30)37-20(38)13-3-2-11(4-15(13)23(34,35)36)18(27)7-14(22(31,32)33)12-5-16(25)19(24)17(26)6-12/h2-7,10,14H,8-9H2,1H3,(H,37,38)/b18-7-/t10-,14?/m1/s1. The Morgan fingerprint density at radius 1 is 1.00 bits per heavy atom. The monoisotopic (exact) mass is 725 g/mol. The summed E-state index contributed by atoms with van der Waals surface area (Å²) < 4.78 is 158. The number of hydrogen-bond donors (Lipinski definition) is 1.